The molecule has 0 bridgehead atoms. The number of nitrogens with zero attached hydrogens (tertiary/aromatic N) is 2. The van der Waals surface area contributed by atoms with Crippen molar-refractivity contribution in [2.75, 3.05) is 38.3 Å². The Morgan fingerprint density at radius 1 is 1.36 bits per heavy atom. The smallest absolute Gasteiger partial charge is 0.348 e. The van der Waals surface area contributed by atoms with Gasteiger partial charge in [-0.15, -0.1) is 0 Å². The number of esters is 1. The summed E-state index contributed by atoms with van der Waals surface area (Å²) in [5.41, 5.74) is 2.43. The fourth-order valence-corrected chi connectivity index (χ4v) is 2.13. The zero-order chi connectivity index (χ0) is 16.5. The van der Waals surface area contributed by atoms with Crippen molar-refractivity contribution in [1.82, 2.24) is 0 Å². The van der Waals surface area contributed by atoms with E-state index in [9.17, 15) is 4.79 Å². The van der Waals surface area contributed by atoms with Crippen LogP contribution in [0.5, 0.6) is 0 Å². The van der Waals surface area contributed by atoms with Crippen molar-refractivity contribution in [3.8, 4) is 6.07 Å². The van der Waals surface area contributed by atoms with Gasteiger partial charge in [-0.25, -0.2) is 4.79 Å². The van der Waals surface area contributed by atoms with E-state index in [0.29, 0.717) is 18.7 Å². The summed E-state index contributed by atoms with van der Waals surface area (Å²) in [6.07, 6.45) is 1.46. The van der Waals surface area contributed by atoms with Gasteiger partial charge in [0.15, 0.2) is 0 Å². The molecule has 0 radical (unpaired) electrons. The second-order valence-electron chi connectivity index (χ2n) is 4.64. The molecule has 0 spiro atoms. The largest absolute Gasteiger partial charge is 0.465 e. The molecular weight excluding hydrogens is 284 g/mol. The molecule has 0 saturated carbocycles. The molecule has 0 aliphatic carbocycles. The minimum absolute atomic E-state index is 0.0119. The minimum atomic E-state index is -0.675. The number of anilines is 1. The fraction of sp³-hybridized carbons (Fsp3) is 0.375. The standard InChI is InChI=1S/C16H20N2O4/c1-12-9-13(10-14(11-17)16(21)22-2)3-4-15(12)18(5-7-19)6-8-20/h3-4,9-10,19-20H,5-8H2,1-2H3/b14-10-. The Bertz CT molecular complexity index is 584. The summed E-state index contributed by atoms with van der Waals surface area (Å²) in [7, 11) is 1.23. The maximum Gasteiger partial charge on any atom is 0.348 e. The molecular formula is C16H20N2O4. The molecule has 22 heavy (non-hydrogen) atoms. The minimum Gasteiger partial charge on any atom is -0.465 e. The normalized spacial score (nSPS) is 11.0. The molecule has 6 nitrogen and oxygen atoms in total. The number of aliphatic hydroxyl groups is 2. The Morgan fingerprint density at radius 2 is 2.00 bits per heavy atom. The van der Waals surface area contributed by atoms with Crippen LogP contribution in [0, 0.1) is 18.3 Å². The maximum absolute atomic E-state index is 11.4. The summed E-state index contributed by atoms with van der Waals surface area (Å²) in [6.45, 7) is 2.70. The van der Waals surface area contributed by atoms with E-state index < -0.39 is 5.97 Å². The summed E-state index contributed by atoms with van der Waals surface area (Å²) in [4.78, 5) is 13.3. The molecule has 6 heteroatoms. The molecule has 0 atom stereocenters. The average molecular weight is 304 g/mol. The van der Waals surface area contributed by atoms with Gasteiger partial charge in [0.1, 0.15) is 11.6 Å². The zero-order valence-corrected chi connectivity index (χ0v) is 12.7. The molecule has 0 aliphatic heterocycles. The molecule has 2 N–H and O–H groups in total. The molecule has 1 rings (SSSR count). The molecule has 0 saturated heterocycles. The Balaban J connectivity index is 3.10. The lowest BCUT2D eigenvalue weighted by atomic mass is 10.1. The Kier molecular flexibility index (Phi) is 7.09. The van der Waals surface area contributed by atoms with E-state index in [0.717, 1.165) is 11.3 Å². The van der Waals surface area contributed by atoms with E-state index in [1.807, 2.05) is 30.0 Å². The summed E-state index contributed by atoms with van der Waals surface area (Å²) >= 11 is 0. The highest BCUT2D eigenvalue weighted by molar-refractivity contribution is 5.97. The quantitative estimate of drug-likeness (QED) is 0.441. The average Bonchev–Trinajstić information content (AvgIpc) is 2.52. The number of rotatable bonds is 7. The van der Waals surface area contributed by atoms with E-state index in [1.54, 1.807) is 6.07 Å². The predicted octanol–water partition coefficient (Wildman–Crippen LogP) is 0.866. The van der Waals surface area contributed by atoms with Gasteiger partial charge in [-0.05, 0) is 36.3 Å². The topological polar surface area (TPSA) is 93.8 Å². The van der Waals surface area contributed by atoms with E-state index in [4.69, 9.17) is 15.5 Å². The Morgan fingerprint density at radius 3 is 2.45 bits per heavy atom. The summed E-state index contributed by atoms with van der Waals surface area (Å²) in [6, 6.07) is 7.24. The Labute approximate surface area is 129 Å². The highest BCUT2D eigenvalue weighted by atomic mass is 16.5. The summed E-state index contributed by atoms with van der Waals surface area (Å²) < 4.78 is 4.54. The van der Waals surface area contributed by atoms with Gasteiger partial charge in [-0.3, -0.25) is 0 Å². The first-order valence-electron chi connectivity index (χ1n) is 6.84. The molecule has 0 unspecified atom stereocenters. The van der Waals surface area contributed by atoms with Crippen molar-refractivity contribution in [3.63, 3.8) is 0 Å². The Hall–Kier alpha value is -2.36. The maximum atomic E-state index is 11.4. The molecule has 0 fully saturated rings. The van der Waals surface area contributed by atoms with Gasteiger partial charge in [-0.2, -0.15) is 5.26 Å². The first kappa shape index (κ1) is 17.7. The molecule has 1 aromatic carbocycles. The lowest BCUT2D eigenvalue weighted by molar-refractivity contribution is -0.135. The van der Waals surface area contributed by atoms with Crippen molar-refractivity contribution in [2.45, 2.75) is 6.92 Å². The first-order chi connectivity index (χ1) is 10.6. The van der Waals surface area contributed by atoms with E-state index in [1.165, 1.54) is 13.2 Å². The van der Waals surface area contributed by atoms with E-state index in [2.05, 4.69) is 4.74 Å². The number of carbonyl (C=O) groups is 1. The van der Waals surface area contributed by atoms with Crippen LogP contribution in [-0.4, -0.2) is 49.6 Å². The number of nitriles is 1. The number of hydrogen-bond donors (Lipinski definition) is 2. The molecule has 1 aromatic rings. The monoisotopic (exact) mass is 304 g/mol. The van der Waals surface area contributed by atoms with Gasteiger partial charge >= 0.3 is 5.97 Å². The second-order valence-corrected chi connectivity index (χ2v) is 4.64. The first-order valence-corrected chi connectivity index (χ1v) is 6.84. The van der Waals surface area contributed by atoms with Gasteiger partial charge < -0.3 is 19.8 Å². The zero-order valence-electron chi connectivity index (χ0n) is 12.7. The third-order valence-electron chi connectivity index (χ3n) is 3.14. The lowest BCUT2D eigenvalue weighted by Gasteiger charge is -2.25. The highest BCUT2D eigenvalue weighted by Gasteiger charge is 2.11. The SMILES string of the molecule is COC(=O)/C(C#N)=C\c1ccc(N(CCO)CCO)c(C)c1. The summed E-state index contributed by atoms with van der Waals surface area (Å²) in [5.74, 6) is -0.675. The molecule has 0 amide bonds. The number of benzene rings is 1. The van der Waals surface area contributed by atoms with Crippen molar-refractivity contribution in [2.24, 2.45) is 0 Å². The van der Waals surface area contributed by atoms with Crippen LogP contribution in [-0.2, 0) is 9.53 Å². The van der Waals surface area contributed by atoms with Gasteiger partial charge in [0.25, 0.3) is 0 Å². The van der Waals surface area contributed by atoms with Crippen LogP contribution in [0.2, 0.25) is 0 Å². The molecule has 118 valence electrons. The van der Waals surface area contributed by atoms with Crippen molar-refractivity contribution in [1.29, 1.82) is 5.26 Å². The predicted molar refractivity (Wildman–Crippen MR) is 83.2 cm³/mol. The van der Waals surface area contributed by atoms with Crippen molar-refractivity contribution in [3.05, 3.63) is 34.9 Å². The third-order valence-corrected chi connectivity index (χ3v) is 3.14. The van der Waals surface area contributed by atoms with Gasteiger partial charge in [0, 0.05) is 18.8 Å². The molecule has 0 aliphatic rings. The van der Waals surface area contributed by atoms with Gasteiger partial charge in [-0.1, -0.05) is 6.07 Å². The van der Waals surface area contributed by atoms with E-state index >= 15 is 0 Å². The van der Waals surface area contributed by atoms with Crippen molar-refractivity contribution >= 4 is 17.7 Å². The second kappa shape index (κ2) is 8.82. The van der Waals surface area contributed by atoms with Crippen LogP contribution >= 0.6 is 0 Å². The van der Waals surface area contributed by atoms with Crippen LogP contribution in [0.25, 0.3) is 6.08 Å². The van der Waals surface area contributed by atoms with Crippen LogP contribution in [0.4, 0.5) is 5.69 Å². The van der Waals surface area contributed by atoms with Crippen LogP contribution in [0.15, 0.2) is 23.8 Å². The molecule has 0 heterocycles. The number of aliphatic hydroxyl groups excluding tert-OH is 2. The molecule has 0 aromatic heterocycles. The third kappa shape index (κ3) is 4.58. The van der Waals surface area contributed by atoms with Crippen LogP contribution in [0.1, 0.15) is 11.1 Å². The number of ether oxygens (including phenoxy) is 1. The lowest BCUT2D eigenvalue weighted by Crippen LogP contribution is -2.30. The van der Waals surface area contributed by atoms with Gasteiger partial charge in [0.2, 0.25) is 0 Å². The number of hydrogen-bond acceptors (Lipinski definition) is 6. The van der Waals surface area contributed by atoms with Crippen LogP contribution in [0.3, 0.4) is 0 Å². The summed E-state index contributed by atoms with van der Waals surface area (Å²) in [5, 5.41) is 27.1. The fourth-order valence-electron chi connectivity index (χ4n) is 2.13. The van der Waals surface area contributed by atoms with Gasteiger partial charge in [0.05, 0.1) is 20.3 Å². The highest BCUT2D eigenvalue weighted by Crippen LogP contribution is 2.22. The number of aryl methyl sites for hydroxylation is 1. The van der Waals surface area contributed by atoms with Crippen LogP contribution < -0.4 is 4.90 Å². The van der Waals surface area contributed by atoms with E-state index in [-0.39, 0.29) is 18.8 Å². The number of methoxy groups -OCH3 is 1. The van der Waals surface area contributed by atoms with Crippen molar-refractivity contribution < 1.29 is 19.7 Å². The number of carbonyl (C=O) groups excluding carboxylic acids is 1.